The number of nitrogens with one attached hydrogen (secondary N) is 1. The molecule has 0 heterocycles. The number of hydrogen-bond acceptors (Lipinski definition) is 4. The van der Waals surface area contributed by atoms with E-state index in [0.717, 1.165) is 0 Å². The fourth-order valence-electron chi connectivity index (χ4n) is 0.864. The summed E-state index contributed by atoms with van der Waals surface area (Å²) in [6.45, 7) is 4.99. The second kappa shape index (κ2) is 8.34. The summed E-state index contributed by atoms with van der Waals surface area (Å²) >= 11 is 0. The lowest BCUT2D eigenvalue weighted by Crippen LogP contribution is -2.36. The van der Waals surface area contributed by atoms with Crippen LogP contribution < -0.4 is 5.32 Å². The zero-order chi connectivity index (χ0) is 10.8. The molecule has 1 N–H and O–H groups in total. The van der Waals surface area contributed by atoms with Gasteiger partial charge in [0.15, 0.2) is 0 Å². The van der Waals surface area contributed by atoms with Crippen molar-refractivity contribution in [3.8, 4) is 0 Å². The van der Waals surface area contributed by atoms with Gasteiger partial charge < -0.3 is 10.1 Å². The van der Waals surface area contributed by atoms with Crippen molar-refractivity contribution in [1.82, 2.24) is 5.32 Å². The van der Waals surface area contributed by atoms with E-state index < -0.39 is 0 Å². The van der Waals surface area contributed by atoms with Crippen molar-refractivity contribution in [2.75, 3.05) is 19.7 Å². The minimum Gasteiger partial charge on any atom is -0.465 e. The summed E-state index contributed by atoms with van der Waals surface area (Å²) in [4.78, 5) is 13.7. The molecule has 1 unspecified atom stereocenters. The maximum atomic E-state index is 11.1. The first-order chi connectivity index (χ1) is 6.72. The van der Waals surface area contributed by atoms with Gasteiger partial charge in [-0.3, -0.25) is 4.79 Å². The van der Waals surface area contributed by atoms with Crippen LogP contribution in [0.4, 0.5) is 0 Å². The fraction of sp³-hybridized carbons (Fsp3) is 0.875. The van der Waals surface area contributed by atoms with E-state index in [1.165, 1.54) is 0 Å². The molecule has 0 rings (SSSR count). The molecule has 0 amide bonds. The average Bonchev–Trinajstić information content (AvgIpc) is 2.17. The van der Waals surface area contributed by atoms with Gasteiger partial charge in [-0.15, -0.1) is 0 Å². The van der Waals surface area contributed by atoms with E-state index in [4.69, 9.17) is 10.3 Å². The first-order valence-corrected chi connectivity index (χ1v) is 4.63. The Morgan fingerprint density at radius 3 is 3.00 bits per heavy atom. The molecule has 14 heavy (non-hydrogen) atoms. The lowest BCUT2D eigenvalue weighted by molar-refractivity contribution is -0.145. The van der Waals surface area contributed by atoms with Crippen LogP contribution in [0.1, 0.15) is 20.3 Å². The van der Waals surface area contributed by atoms with Crippen molar-refractivity contribution in [3.05, 3.63) is 10.4 Å². The molecule has 0 aromatic rings. The number of hydrogen-bond donors (Lipinski definition) is 1. The monoisotopic (exact) mass is 200 g/mol. The molecule has 6 heteroatoms. The standard InChI is InChI=1S/C8H16N4O2/c1-3-14-8(13)7(2)10-5-4-6-11-12-9/h7,10H,3-6H2,1-2H3. The van der Waals surface area contributed by atoms with Crippen LogP contribution in [0.3, 0.4) is 0 Å². The molecule has 0 radical (unpaired) electrons. The van der Waals surface area contributed by atoms with Gasteiger partial charge in [-0.25, -0.2) is 0 Å². The van der Waals surface area contributed by atoms with Crippen LogP contribution in [0, 0.1) is 0 Å². The van der Waals surface area contributed by atoms with Crippen LogP contribution in [-0.4, -0.2) is 31.7 Å². The third-order valence-electron chi connectivity index (χ3n) is 1.59. The van der Waals surface area contributed by atoms with E-state index in [-0.39, 0.29) is 12.0 Å². The molecule has 0 bridgehead atoms. The molecule has 0 aliphatic carbocycles. The van der Waals surface area contributed by atoms with Crippen molar-refractivity contribution in [2.45, 2.75) is 26.3 Å². The van der Waals surface area contributed by atoms with Gasteiger partial charge in [0.25, 0.3) is 0 Å². The molecular formula is C8H16N4O2. The Kier molecular flexibility index (Phi) is 7.59. The quantitative estimate of drug-likeness (QED) is 0.220. The third-order valence-corrected chi connectivity index (χ3v) is 1.59. The normalized spacial score (nSPS) is 11.6. The van der Waals surface area contributed by atoms with Gasteiger partial charge in [0.05, 0.1) is 6.61 Å². The predicted molar refractivity (Wildman–Crippen MR) is 52.7 cm³/mol. The van der Waals surface area contributed by atoms with E-state index in [1.807, 2.05) is 0 Å². The van der Waals surface area contributed by atoms with Crippen molar-refractivity contribution in [2.24, 2.45) is 5.11 Å². The largest absolute Gasteiger partial charge is 0.465 e. The first kappa shape index (κ1) is 12.7. The van der Waals surface area contributed by atoms with Gasteiger partial charge in [-0.1, -0.05) is 5.11 Å². The Balaban J connectivity index is 3.47. The number of nitrogens with zero attached hydrogens (tertiary/aromatic N) is 3. The van der Waals surface area contributed by atoms with E-state index in [0.29, 0.717) is 26.1 Å². The maximum Gasteiger partial charge on any atom is 0.322 e. The highest BCUT2D eigenvalue weighted by molar-refractivity contribution is 5.75. The van der Waals surface area contributed by atoms with Crippen LogP contribution in [-0.2, 0) is 9.53 Å². The highest BCUT2D eigenvalue weighted by Crippen LogP contribution is 1.88. The molecule has 0 aromatic heterocycles. The van der Waals surface area contributed by atoms with Gasteiger partial charge in [-0.05, 0) is 32.3 Å². The zero-order valence-corrected chi connectivity index (χ0v) is 8.56. The second-order valence-corrected chi connectivity index (χ2v) is 2.74. The highest BCUT2D eigenvalue weighted by atomic mass is 16.5. The van der Waals surface area contributed by atoms with Gasteiger partial charge in [-0.2, -0.15) is 0 Å². The SMILES string of the molecule is CCOC(=O)C(C)NCCCN=[N+]=[N-]. The molecular weight excluding hydrogens is 184 g/mol. The fourth-order valence-corrected chi connectivity index (χ4v) is 0.864. The number of carbonyl (C=O) groups excluding carboxylic acids is 1. The summed E-state index contributed by atoms with van der Waals surface area (Å²) in [5.41, 5.74) is 8.00. The maximum absolute atomic E-state index is 11.1. The smallest absolute Gasteiger partial charge is 0.322 e. The number of ether oxygens (including phenoxy) is 1. The zero-order valence-electron chi connectivity index (χ0n) is 8.56. The van der Waals surface area contributed by atoms with Crippen molar-refractivity contribution in [3.63, 3.8) is 0 Å². The predicted octanol–water partition coefficient (Wildman–Crippen LogP) is 1.23. The van der Waals surface area contributed by atoms with Gasteiger partial charge in [0, 0.05) is 11.5 Å². The van der Waals surface area contributed by atoms with Crippen molar-refractivity contribution >= 4 is 5.97 Å². The molecule has 80 valence electrons. The Labute approximate surface area is 83.3 Å². The van der Waals surface area contributed by atoms with E-state index in [1.54, 1.807) is 13.8 Å². The first-order valence-electron chi connectivity index (χ1n) is 4.63. The van der Waals surface area contributed by atoms with E-state index >= 15 is 0 Å². The van der Waals surface area contributed by atoms with Crippen LogP contribution >= 0.6 is 0 Å². The number of rotatable bonds is 7. The summed E-state index contributed by atoms with van der Waals surface area (Å²) < 4.78 is 4.80. The minimum atomic E-state index is -0.305. The Morgan fingerprint density at radius 1 is 1.71 bits per heavy atom. The molecule has 0 aliphatic heterocycles. The lowest BCUT2D eigenvalue weighted by atomic mass is 10.3. The number of esters is 1. The van der Waals surface area contributed by atoms with Gasteiger partial charge in [0.1, 0.15) is 6.04 Å². The molecule has 0 saturated carbocycles. The summed E-state index contributed by atoms with van der Waals surface area (Å²) in [6, 6.07) is -0.305. The molecule has 0 fully saturated rings. The lowest BCUT2D eigenvalue weighted by Gasteiger charge is -2.11. The molecule has 0 aliphatic rings. The van der Waals surface area contributed by atoms with Crippen LogP contribution in [0.2, 0.25) is 0 Å². The van der Waals surface area contributed by atoms with Gasteiger partial charge >= 0.3 is 5.97 Å². The summed E-state index contributed by atoms with van der Waals surface area (Å²) in [5.74, 6) is -0.253. The van der Waals surface area contributed by atoms with Crippen molar-refractivity contribution in [1.29, 1.82) is 0 Å². The van der Waals surface area contributed by atoms with E-state index in [9.17, 15) is 4.79 Å². The van der Waals surface area contributed by atoms with Gasteiger partial charge in [0.2, 0.25) is 0 Å². The number of carbonyl (C=O) groups is 1. The number of azide groups is 1. The molecule has 0 aromatic carbocycles. The molecule has 6 nitrogen and oxygen atoms in total. The average molecular weight is 200 g/mol. The summed E-state index contributed by atoms with van der Waals surface area (Å²) in [5, 5.41) is 6.34. The molecule has 0 spiro atoms. The van der Waals surface area contributed by atoms with E-state index in [2.05, 4.69) is 15.3 Å². The highest BCUT2D eigenvalue weighted by Gasteiger charge is 2.11. The van der Waals surface area contributed by atoms with Crippen LogP contribution in [0.25, 0.3) is 10.4 Å². The second-order valence-electron chi connectivity index (χ2n) is 2.74. The third kappa shape index (κ3) is 6.28. The van der Waals surface area contributed by atoms with Crippen molar-refractivity contribution < 1.29 is 9.53 Å². The van der Waals surface area contributed by atoms with Crippen LogP contribution in [0.15, 0.2) is 5.11 Å². The molecule has 1 atom stereocenters. The Morgan fingerprint density at radius 2 is 2.43 bits per heavy atom. The minimum absolute atomic E-state index is 0.253. The summed E-state index contributed by atoms with van der Waals surface area (Å²) in [7, 11) is 0. The Bertz CT molecular complexity index is 213. The summed E-state index contributed by atoms with van der Waals surface area (Å²) in [6.07, 6.45) is 0.716. The Hall–Kier alpha value is -1.26. The molecule has 0 saturated heterocycles. The topological polar surface area (TPSA) is 87.1 Å². The van der Waals surface area contributed by atoms with Crippen LogP contribution in [0.5, 0.6) is 0 Å².